The highest BCUT2D eigenvalue weighted by Crippen LogP contribution is 2.38. The number of benzene rings is 1. The molecule has 1 aromatic carbocycles. The minimum atomic E-state index is -0.0704. The van der Waals surface area contributed by atoms with Gasteiger partial charge in [0, 0.05) is 18.1 Å². The van der Waals surface area contributed by atoms with Crippen LogP contribution in [0.5, 0.6) is 11.5 Å². The van der Waals surface area contributed by atoms with Crippen LogP contribution in [-0.4, -0.2) is 41.2 Å². The molecular weight excluding hydrogens is 368 g/mol. The number of nitrogens with zero attached hydrogens (tertiary/aromatic N) is 2. The molecule has 1 amide bonds. The molecule has 0 N–H and O–H groups in total. The van der Waals surface area contributed by atoms with E-state index in [4.69, 9.17) is 21.7 Å². The summed E-state index contributed by atoms with van der Waals surface area (Å²) in [7, 11) is 1.81. The van der Waals surface area contributed by atoms with Crippen LogP contribution in [-0.2, 0) is 4.79 Å². The molecule has 7 heteroatoms. The van der Waals surface area contributed by atoms with E-state index in [-0.39, 0.29) is 12.7 Å². The van der Waals surface area contributed by atoms with E-state index in [2.05, 4.69) is 15.9 Å². The van der Waals surface area contributed by atoms with Gasteiger partial charge in [-0.1, -0.05) is 22.9 Å². The van der Waals surface area contributed by atoms with Gasteiger partial charge in [-0.3, -0.25) is 9.69 Å². The summed E-state index contributed by atoms with van der Waals surface area (Å²) < 4.78 is 11.6. The summed E-state index contributed by atoms with van der Waals surface area (Å²) in [6.45, 7) is 2.86. The van der Waals surface area contributed by atoms with Gasteiger partial charge in [0.25, 0.3) is 5.91 Å². The smallest absolute Gasteiger partial charge is 0.276 e. The summed E-state index contributed by atoms with van der Waals surface area (Å²) in [6, 6.07) is 3.70. The third-order valence-corrected chi connectivity index (χ3v) is 4.76. The lowest BCUT2D eigenvalue weighted by molar-refractivity contribution is -0.122. The molecule has 0 aromatic heterocycles. The lowest BCUT2D eigenvalue weighted by Crippen LogP contribution is -2.31. The summed E-state index contributed by atoms with van der Waals surface area (Å²) in [5.41, 5.74) is 1.40. The summed E-state index contributed by atoms with van der Waals surface area (Å²) in [5.74, 6) is 1.30. The lowest BCUT2D eigenvalue weighted by atomic mass is 10.1. The Labute approximate surface area is 142 Å². The number of carbonyl (C=O) groups excluding carboxylic acids is 1. The van der Waals surface area contributed by atoms with Gasteiger partial charge in [0.15, 0.2) is 16.6 Å². The first-order valence-electron chi connectivity index (χ1n) is 6.93. The number of hydrogen-bond acceptors (Lipinski definition) is 4. The summed E-state index contributed by atoms with van der Waals surface area (Å²) in [5, 5.41) is 0.537. The first-order valence-corrected chi connectivity index (χ1v) is 8.13. The Morgan fingerprint density at radius 2 is 2.05 bits per heavy atom. The van der Waals surface area contributed by atoms with E-state index in [0.717, 1.165) is 16.5 Å². The Morgan fingerprint density at radius 1 is 1.36 bits per heavy atom. The first-order chi connectivity index (χ1) is 10.5. The number of fused-ring (bicyclic) bond motifs is 1. The Kier molecular flexibility index (Phi) is 4.10. The second-order valence-corrected chi connectivity index (χ2v) is 6.27. The summed E-state index contributed by atoms with van der Waals surface area (Å²) in [4.78, 5) is 15.9. The molecule has 22 heavy (non-hydrogen) atoms. The Hall–Kier alpha value is -1.60. The molecule has 5 nitrogen and oxygen atoms in total. The zero-order valence-electron chi connectivity index (χ0n) is 12.3. The predicted octanol–water partition coefficient (Wildman–Crippen LogP) is 2.99. The second-order valence-electron chi connectivity index (χ2n) is 5.05. The van der Waals surface area contributed by atoms with Gasteiger partial charge in [0.2, 0.25) is 6.79 Å². The van der Waals surface area contributed by atoms with Crippen molar-refractivity contribution in [2.75, 3.05) is 20.4 Å². The molecule has 116 valence electrons. The molecule has 0 radical (unpaired) electrons. The van der Waals surface area contributed by atoms with Gasteiger partial charge < -0.3 is 14.4 Å². The molecule has 0 unspecified atom stereocenters. The number of hydrogen-bond donors (Lipinski definition) is 0. The summed E-state index contributed by atoms with van der Waals surface area (Å²) >= 11 is 8.85. The lowest BCUT2D eigenvalue weighted by Gasteiger charge is -2.14. The summed E-state index contributed by atoms with van der Waals surface area (Å²) in [6.07, 6.45) is 2.68. The molecular formula is C15H15BrN2O3S. The molecule has 2 aliphatic heterocycles. The highest BCUT2D eigenvalue weighted by molar-refractivity contribution is 9.10. The third-order valence-electron chi connectivity index (χ3n) is 3.57. The van der Waals surface area contributed by atoms with Crippen molar-refractivity contribution in [2.45, 2.75) is 13.3 Å². The zero-order chi connectivity index (χ0) is 15.9. The minimum absolute atomic E-state index is 0.0704. The number of ether oxygens (including phenoxy) is 2. The Bertz CT molecular complexity index is 690. The highest BCUT2D eigenvalue weighted by atomic mass is 79.9. The van der Waals surface area contributed by atoms with E-state index in [1.165, 1.54) is 0 Å². The Balaban J connectivity index is 1.98. The topological polar surface area (TPSA) is 42.0 Å². The van der Waals surface area contributed by atoms with Crippen LogP contribution in [0.15, 0.2) is 22.3 Å². The highest BCUT2D eigenvalue weighted by Gasteiger charge is 2.35. The molecule has 0 aliphatic carbocycles. The van der Waals surface area contributed by atoms with E-state index in [1.807, 2.05) is 32.2 Å². The molecule has 1 saturated heterocycles. The zero-order valence-corrected chi connectivity index (χ0v) is 14.7. The van der Waals surface area contributed by atoms with E-state index in [0.29, 0.717) is 28.9 Å². The fourth-order valence-electron chi connectivity index (χ4n) is 2.42. The number of carbonyl (C=O) groups is 1. The molecule has 0 atom stereocenters. The van der Waals surface area contributed by atoms with E-state index in [1.54, 1.807) is 9.80 Å². The van der Waals surface area contributed by atoms with E-state index < -0.39 is 0 Å². The minimum Gasteiger partial charge on any atom is -0.454 e. The van der Waals surface area contributed by atoms with Crippen molar-refractivity contribution in [1.29, 1.82) is 0 Å². The average molecular weight is 383 g/mol. The molecule has 3 rings (SSSR count). The predicted molar refractivity (Wildman–Crippen MR) is 90.6 cm³/mol. The van der Waals surface area contributed by atoms with Crippen molar-refractivity contribution in [3.05, 3.63) is 27.9 Å². The molecule has 1 aromatic rings. The van der Waals surface area contributed by atoms with Crippen LogP contribution in [0.1, 0.15) is 18.9 Å². The molecule has 2 aliphatic rings. The van der Waals surface area contributed by atoms with Crippen LogP contribution in [0.25, 0.3) is 6.08 Å². The van der Waals surface area contributed by atoms with Crippen LogP contribution in [0.3, 0.4) is 0 Å². The molecule has 0 bridgehead atoms. The van der Waals surface area contributed by atoms with Crippen molar-refractivity contribution >= 4 is 45.2 Å². The molecule has 2 heterocycles. The van der Waals surface area contributed by atoms with Crippen LogP contribution in [0.2, 0.25) is 0 Å². The number of amides is 1. The van der Waals surface area contributed by atoms with Crippen molar-refractivity contribution < 1.29 is 14.3 Å². The Morgan fingerprint density at radius 3 is 2.73 bits per heavy atom. The van der Waals surface area contributed by atoms with Crippen molar-refractivity contribution in [3.8, 4) is 11.5 Å². The maximum atomic E-state index is 12.5. The van der Waals surface area contributed by atoms with Crippen LogP contribution < -0.4 is 9.47 Å². The maximum absolute atomic E-state index is 12.5. The standard InChI is InChI=1S/C15H15BrN2O3S/c1-3-4-18-14(19)11(17(2)15(18)22)5-9-6-12-13(7-10(9)16)21-8-20-12/h5-7H,3-4,8H2,1-2H3/b11-5+. The third kappa shape index (κ3) is 2.48. The number of likely N-dealkylation sites (N-methyl/N-ethyl adjacent to an activating group) is 1. The molecule has 0 saturated carbocycles. The fraction of sp³-hybridized carbons (Fsp3) is 0.333. The maximum Gasteiger partial charge on any atom is 0.276 e. The largest absolute Gasteiger partial charge is 0.454 e. The van der Waals surface area contributed by atoms with Crippen LogP contribution in [0.4, 0.5) is 0 Å². The van der Waals surface area contributed by atoms with Gasteiger partial charge in [-0.25, -0.2) is 0 Å². The van der Waals surface area contributed by atoms with Gasteiger partial charge in [0.05, 0.1) is 0 Å². The van der Waals surface area contributed by atoms with Gasteiger partial charge in [0.1, 0.15) is 5.70 Å². The van der Waals surface area contributed by atoms with Gasteiger partial charge in [-0.05, 0) is 42.4 Å². The molecule has 1 fully saturated rings. The van der Waals surface area contributed by atoms with Crippen LogP contribution >= 0.6 is 28.1 Å². The van der Waals surface area contributed by atoms with Gasteiger partial charge in [-0.2, -0.15) is 0 Å². The second kappa shape index (κ2) is 5.89. The van der Waals surface area contributed by atoms with Crippen molar-refractivity contribution in [2.24, 2.45) is 0 Å². The van der Waals surface area contributed by atoms with Gasteiger partial charge >= 0.3 is 0 Å². The monoisotopic (exact) mass is 382 g/mol. The fourth-order valence-corrected chi connectivity index (χ4v) is 3.13. The molecule has 0 spiro atoms. The van der Waals surface area contributed by atoms with E-state index in [9.17, 15) is 4.79 Å². The van der Waals surface area contributed by atoms with E-state index >= 15 is 0 Å². The number of thiocarbonyl (C=S) groups is 1. The number of halogens is 1. The average Bonchev–Trinajstić information content (AvgIpc) is 3.01. The van der Waals surface area contributed by atoms with Crippen molar-refractivity contribution in [3.63, 3.8) is 0 Å². The normalized spacial score (nSPS) is 18.8. The quantitative estimate of drug-likeness (QED) is 0.593. The van der Waals surface area contributed by atoms with Crippen molar-refractivity contribution in [1.82, 2.24) is 9.80 Å². The first kappa shape index (κ1) is 15.3. The van der Waals surface area contributed by atoms with Crippen LogP contribution in [0, 0.1) is 0 Å². The van der Waals surface area contributed by atoms with Gasteiger partial charge in [-0.15, -0.1) is 0 Å². The SMILES string of the molecule is CCCN1C(=O)/C(=C\c2cc3c(cc2Br)OCO3)N(C)C1=S. The number of rotatable bonds is 3.